The maximum absolute atomic E-state index is 12.9. The number of carbonyl (C=O) groups is 2. The Bertz CT molecular complexity index is 1440. The van der Waals surface area contributed by atoms with Gasteiger partial charge in [-0.1, -0.05) is 30.3 Å². The third-order valence-corrected chi connectivity index (χ3v) is 7.52. The normalized spacial score (nSPS) is 16.4. The smallest absolute Gasteiger partial charge is 0.235 e. The van der Waals surface area contributed by atoms with E-state index in [1.54, 1.807) is 29.1 Å². The maximum atomic E-state index is 12.9. The Morgan fingerprint density at radius 1 is 0.921 bits per heavy atom. The van der Waals surface area contributed by atoms with Gasteiger partial charge in [0.15, 0.2) is 0 Å². The van der Waals surface area contributed by atoms with Crippen LogP contribution in [0.25, 0.3) is 10.9 Å². The topological polar surface area (TPSA) is 76.5 Å². The Morgan fingerprint density at radius 3 is 2.50 bits per heavy atom. The number of benzene rings is 2. The van der Waals surface area contributed by atoms with Crippen molar-refractivity contribution in [2.75, 3.05) is 25.0 Å². The number of carbonyl (C=O) groups excluding carboxylic acids is 2. The highest BCUT2D eigenvalue weighted by Gasteiger charge is 2.29. The van der Waals surface area contributed by atoms with Crippen molar-refractivity contribution < 1.29 is 14.3 Å². The molecule has 0 atom stereocenters. The molecule has 7 nitrogen and oxygen atoms in total. The van der Waals surface area contributed by atoms with Gasteiger partial charge in [-0.25, -0.2) is 4.98 Å². The quantitative estimate of drug-likeness (QED) is 0.327. The van der Waals surface area contributed by atoms with E-state index in [-0.39, 0.29) is 17.7 Å². The first-order valence-electron chi connectivity index (χ1n) is 13.5. The molecular weight excluding hydrogens is 476 g/mol. The molecule has 7 heteroatoms. The van der Waals surface area contributed by atoms with E-state index in [9.17, 15) is 9.59 Å². The van der Waals surface area contributed by atoms with E-state index < -0.39 is 0 Å². The molecule has 1 aliphatic carbocycles. The van der Waals surface area contributed by atoms with E-state index in [0.717, 1.165) is 48.3 Å². The number of hydrogen-bond acceptors (Lipinski definition) is 5. The molecule has 4 aromatic rings. The van der Waals surface area contributed by atoms with Crippen molar-refractivity contribution in [3.05, 3.63) is 84.7 Å². The summed E-state index contributed by atoms with van der Waals surface area (Å²) in [5, 5.41) is 3.90. The second kappa shape index (κ2) is 10.8. The van der Waals surface area contributed by atoms with Crippen LogP contribution in [0, 0.1) is 11.8 Å². The fourth-order valence-electron chi connectivity index (χ4n) is 5.21. The minimum atomic E-state index is 0.0166. The van der Waals surface area contributed by atoms with E-state index in [2.05, 4.69) is 15.2 Å². The van der Waals surface area contributed by atoms with Crippen LogP contribution in [0.1, 0.15) is 36.0 Å². The van der Waals surface area contributed by atoms with Gasteiger partial charge in [-0.15, -0.1) is 0 Å². The van der Waals surface area contributed by atoms with Crippen LogP contribution < -0.4 is 10.1 Å². The zero-order valence-corrected chi connectivity index (χ0v) is 21.4. The highest BCUT2D eigenvalue weighted by Crippen LogP contribution is 2.32. The van der Waals surface area contributed by atoms with Crippen molar-refractivity contribution in [1.29, 1.82) is 0 Å². The summed E-state index contributed by atoms with van der Waals surface area (Å²) in [5.41, 5.74) is 1.82. The van der Waals surface area contributed by atoms with Gasteiger partial charge >= 0.3 is 0 Å². The Kier molecular flexibility index (Phi) is 6.92. The molecule has 1 amide bonds. The van der Waals surface area contributed by atoms with Crippen LogP contribution in [0.3, 0.4) is 0 Å². The summed E-state index contributed by atoms with van der Waals surface area (Å²) in [5.74, 6) is 2.69. The summed E-state index contributed by atoms with van der Waals surface area (Å²) in [6, 6.07) is 20.8. The van der Waals surface area contributed by atoms with Gasteiger partial charge in [0, 0.05) is 36.3 Å². The molecule has 0 bridgehead atoms. The third kappa shape index (κ3) is 5.78. The first-order valence-corrected chi connectivity index (χ1v) is 13.5. The summed E-state index contributed by atoms with van der Waals surface area (Å²) in [4.78, 5) is 32.5. The Balaban J connectivity index is 1.07. The van der Waals surface area contributed by atoms with Crippen LogP contribution in [0.5, 0.6) is 11.5 Å². The van der Waals surface area contributed by atoms with Crippen molar-refractivity contribution in [1.82, 2.24) is 14.5 Å². The van der Waals surface area contributed by atoms with E-state index >= 15 is 0 Å². The Morgan fingerprint density at radius 2 is 1.71 bits per heavy atom. The molecule has 0 spiro atoms. The predicted molar refractivity (Wildman–Crippen MR) is 148 cm³/mol. The van der Waals surface area contributed by atoms with Gasteiger partial charge in [-0.2, -0.15) is 0 Å². The van der Waals surface area contributed by atoms with E-state index in [0.29, 0.717) is 23.7 Å². The van der Waals surface area contributed by atoms with Gasteiger partial charge in [0.2, 0.25) is 11.8 Å². The molecule has 38 heavy (non-hydrogen) atoms. The fraction of sp³-hybridized carbons (Fsp3) is 0.323. The van der Waals surface area contributed by atoms with Crippen LogP contribution in [-0.2, 0) is 11.2 Å². The lowest BCUT2D eigenvalue weighted by molar-refractivity contribution is -0.121. The zero-order valence-electron chi connectivity index (χ0n) is 21.4. The number of piperidine rings is 1. The predicted octanol–water partition coefficient (Wildman–Crippen LogP) is 5.77. The number of rotatable bonds is 8. The number of pyridine rings is 1. The zero-order chi connectivity index (χ0) is 25.9. The highest BCUT2D eigenvalue weighted by atomic mass is 16.5. The highest BCUT2D eigenvalue weighted by molar-refractivity contribution is 5.94. The Hall–Kier alpha value is -3.97. The first-order chi connectivity index (χ1) is 18.6. The number of amides is 1. The molecule has 6 rings (SSSR count). The van der Waals surface area contributed by atoms with Crippen molar-refractivity contribution in [2.45, 2.75) is 32.1 Å². The van der Waals surface area contributed by atoms with Crippen molar-refractivity contribution in [3.8, 4) is 11.5 Å². The average molecular weight is 509 g/mol. The van der Waals surface area contributed by atoms with Gasteiger partial charge in [0.05, 0.1) is 11.9 Å². The largest absolute Gasteiger partial charge is 0.457 e. The molecule has 194 valence electrons. The number of nitrogens with zero attached hydrogens (tertiary/aromatic N) is 3. The summed E-state index contributed by atoms with van der Waals surface area (Å²) in [7, 11) is 0. The molecular formula is C31H32N4O3. The summed E-state index contributed by atoms with van der Waals surface area (Å²) in [6.45, 7) is 3.18. The summed E-state index contributed by atoms with van der Waals surface area (Å²) in [6.07, 6.45) is 8.29. The molecule has 2 aromatic heterocycles. The van der Waals surface area contributed by atoms with Gasteiger partial charge in [-0.3, -0.25) is 14.2 Å². The van der Waals surface area contributed by atoms with Crippen LogP contribution in [0.4, 0.5) is 5.82 Å². The third-order valence-electron chi connectivity index (χ3n) is 7.52. The molecule has 2 fully saturated rings. The maximum Gasteiger partial charge on any atom is 0.235 e. The number of nitrogens with one attached hydrogen (secondary N) is 1. The number of aromatic nitrogens is 2. The van der Waals surface area contributed by atoms with Crippen LogP contribution in [0.15, 0.2) is 79.1 Å². The molecule has 1 N–H and O–H groups in total. The fourth-order valence-corrected chi connectivity index (χ4v) is 5.21. The lowest BCUT2D eigenvalue weighted by Crippen LogP contribution is -2.39. The molecule has 2 aliphatic rings. The standard InChI is InChI=1S/C31H32N4O3/c36-30(18-22-4-2-1-3-5-22)35-17-13-25-19-26(8-9-28(25)35)38-27-10-14-32-29(20-27)33-31(37)24-11-15-34(16-12-24)21-23-6-7-23/h1-5,8-10,13-14,17,19-20,23-24H,6-7,11-12,15-16,18,21H2,(H,32,33,37). The molecule has 3 heterocycles. The molecule has 1 aliphatic heterocycles. The SMILES string of the molecule is O=C(Nc1cc(Oc2ccc3c(ccn3C(=O)Cc3ccccc3)c2)ccn1)C1CCN(CC2CC2)CC1. The minimum Gasteiger partial charge on any atom is -0.457 e. The van der Waals surface area contributed by atoms with Crippen LogP contribution >= 0.6 is 0 Å². The number of anilines is 1. The van der Waals surface area contributed by atoms with Crippen molar-refractivity contribution >= 4 is 28.5 Å². The Labute approximate surface area is 222 Å². The second-order valence-corrected chi connectivity index (χ2v) is 10.4. The molecule has 1 saturated heterocycles. The van der Waals surface area contributed by atoms with Crippen molar-refractivity contribution in [2.24, 2.45) is 11.8 Å². The van der Waals surface area contributed by atoms with Crippen molar-refractivity contribution in [3.63, 3.8) is 0 Å². The summed E-state index contributed by atoms with van der Waals surface area (Å²) >= 11 is 0. The van der Waals surface area contributed by atoms with E-state index in [1.165, 1.54) is 19.4 Å². The first kappa shape index (κ1) is 24.4. The van der Waals surface area contributed by atoms with Crippen LogP contribution in [0.2, 0.25) is 0 Å². The lowest BCUT2D eigenvalue weighted by atomic mass is 9.95. The van der Waals surface area contributed by atoms with E-state index in [1.807, 2.05) is 54.6 Å². The molecule has 0 radical (unpaired) electrons. The van der Waals surface area contributed by atoms with Gasteiger partial charge in [-0.05, 0) is 80.6 Å². The summed E-state index contributed by atoms with van der Waals surface area (Å²) < 4.78 is 7.77. The number of fused-ring (bicyclic) bond motifs is 1. The number of ether oxygens (including phenoxy) is 1. The number of likely N-dealkylation sites (tertiary alicyclic amines) is 1. The van der Waals surface area contributed by atoms with Crippen LogP contribution in [-0.4, -0.2) is 45.9 Å². The monoisotopic (exact) mass is 508 g/mol. The molecule has 2 aromatic carbocycles. The lowest BCUT2D eigenvalue weighted by Gasteiger charge is -2.31. The number of hydrogen-bond donors (Lipinski definition) is 1. The second-order valence-electron chi connectivity index (χ2n) is 10.4. The van der Waals surface area contributed by atoms with E-state index in [4.69, 9.17) is 4.74 Å². The van der Waals surface area contributed by atoms with Gasteiger partial charge in [0.1, 0.15) is 17.3 Å². The van der Waals surface area contributed by atoms with Gasteiger partial charge in [0.25, 0.3) is 0 Å². The molecule has 1 saturated carbocycles. The minimum absolute atomic E-state index is 0.0166. The van der Waals surface area contributed by atoms with Gasteiger partial charge < -0.3 is 15.0 Å². The average Bonchev–Trinajstić information content (AvgIpc) is 3.65. The molecule has 0 unspecified atom stereocenters.